The van der Waals surface area contributed by atoms with E-state index < -0.39 is 0 Å². The van der Waals surface area contributed by atoms with Crippen LogP contribution in [0, 0.1) is 0 Å². The van der Waals surface area contributed by atoms with E-state index in [9.17, 15) is 4.79 Å². The zero-order valence-electron chi connectivity index (χ0n) is 11.4. The Balaban J connectivity index is 1.75. The maximum Gasteiger partial charge on any atom is 0.251 e. The first-order valence-corrected chi connectivity index (χ1v) is 7.50. The van der Waals surface area contributed by atoms with E-state index in [-0.39, 0.29) is 5.91 Å². The van der Waals surface area contributed by atoms with Crippen molar-refractivity contribution in [2.24, 2.45) is 0 Å². The van der Waals surface area contributed by atoms with Crippen LogP contribution in [0.2, 0.25) is 0 Å². The quantitative estimate of drug-likeness (QED) is 0.840. The highest BCUT2D eigenvalue weighted by Crippen LogP contribution is 2.32. The Labute approximate surface area is 131 Å². The molecule has 0 unspecified atom stereocenters. The van der Waals surface area contributed by atoms with E-state index >= 15 is 0 Å². The summed E-state index contributed by atoms with van der Waals surface area (Å²) < 4.78 is 6.65. The molecular weight excluding hydrogens is 332 g/mol. The van der Waals surface area contributed by atoms with Gasteiger partial charge in [-0.3, -0.25) is 4.79 Å². The summed E-state index contributed by atoms with van der Waals surface area (Å²) in [5, 5.41) is 2.90. The van der Waals surface area contributed by atoms with Gasteiger partial charge in [0.2, 0.25) is 0 Å². The average molecular weight is 347 g/mol. The Hall–Kier alpha value is -2.01. The first-order chi connectivity index (χ1) is 10.1. The first-order valence-electron chi connectivity index (χ1n) is 6.71. The predicted molar refractivity (Wildman–Crippen MR) is 85.4 cm³/mol. The SMILES string of the molecule is Nc1cccc(C(=O)NCc2cc(Br)cc3c2OCC3)c1. The third-order valence-electron chi connectivity index (χ3n) is 3.41. The Kier molecular flexibility index (Phi) is 3.84. The monoisotopic (exact) mass is 346 g/mol. The van der Waals surface area contributed by atoms with E-state index in [1.54, 1.807) is 24.3 Å². The van der Waals surface area contributed by atoms with Gasteiger partial charge in [-0.15, -0.1) is 0 Å². The van der Waals surface area contributed by atoms with Crippen molar-refractivity contribution in [2.75, 3.05) is 12.3 Å². The molecule has 1 aliphatic heterocycles. The van der Waals surface area contributed by atoms with Crippen LogP contribution in [-0.2, 0) is 13.0 Å². The first kappa shape index (κ1) is 13.9. The highest BCUT2D eigenvalue weighted by Gasteiger charge is 2.18. The summed E-state index contributed by atoms with van der Waals surface area (Å²) in [6.07, 6.45) is 0.908. The summed E-state index contributed by atoms with van der Waals surface area (Å²) in [5.41, 5.74) is 8.99. The molecule has 0 fully saturated rings. The van der Waals surface area contributed by atoms with Gasteiger partial charge in [-0.1, -0.05) is 22.0 Å². The average Bonchev–Trinajstić information content (AvgIpc) is 2.92. The Morgan fingerprint density at radius 2 is 2.19 bits per heavy atom. The largest absolute Gasteiger partial charge is 0.493 e. The fourth-order valence-electron chi connectivity index (χ4n) is 2.43. The lowest BCUT2D eigenvalue weighted by molar-refractivity contribution is 0.0950. The Bertz CT molecular complexity index is 701. The second-order valence-corrected chi connectivity index (χ2v) is 5.88. The van der Waals surface area contributed by atoms with Crippen LogP contribution in [-0.4, -0.2) is 12.5 Å². The molecule has 1 amide bonds. The molecule has 0 aliphatic carbocycles. The van der Waals surface area contributed by atoms with Crippen LogP contribution in [0.25, 0.3) is 0 Å². The number of hydrogen-bond donors (Lipinski definition) is 2. The minimum Gasteiger partial charge on any atom is -0.493 e. The van der Waals surface area contributed by atoms with Crippen LogP contribution < -0.4 is 15.8 Å². The molecule has 4 nitrogen and oxygen atoms in total. The van der Waals surface area contributed by atoms with Crippen molar-refractivity contribution in [2.45, 2.75) is 13.0 Å². The topological polar surface area (TPSA) is 64.4 Å². The number of anilines is 1. The minimum absolute atomic E-state index is 0.144. The predicted octanol–water partition coefficient (Wildman–Crippen LogP) is 2.90. The van der Waals surface area contributed by atoms with E-state index in [0.29, 0.717) is 24.4 Å². The van der Waals surface area contributed by atoms with Crippen LogP contribution in [0.4, 0.5) is 5.69 Å². The van der Waals surface area contributed by atoms with Gasteiger partial charge in [0.1, 0.15) is 5.75 Å². The van der Waals surface area contributed by atoms with Gasteiger partial charge in [-0.25, -0.2) is 0 Å². The van der Waals surface area contributed by atoms with Crippen LogP contribution in [0.1, 0.15) is 21.5 Å². The standard InChI is InChI=1S/C16H15BrN2O2/c17-13-6-10-4-5-21-15(10)12(7-13)9-19-16(20)11-2-1-3-14(18)8-11/h1-3,6-8H,4-5,9,18H2,(H,19,20). The molecule has 3 rings (SSSR count). The van der Waals surface area contributed by atoms with Gasteiger partial charge in [0, 0.05) is 34.3 Å². The molecule has 2 aromatic carbocycles. The zero-order valence-corrected chi connectivity index (χ0v) is 12.9. The van der Waals surface area contributed by atoms with Crippen molar-refractivity contribution >= 4 is 27.5 Å². The molecule has 1 aliphatic rings. The summed E-state index contributed by atoms with van der Waals surface area (Å²) in [7, 11) is 0. The molecule has 0 saturated carbocycles. The van der Waals surface area contributed by atoms with Gasteiger partial charge in [0.05, 0.1) is 6.61 Å². The zero-order chi connectivity index (χ0) is 14.8. The maximum atomic E-state index is 12.1. The fraction of sp³-hybridized carbons (Fsp3) is 0.188. The molecule has 1 heterocycles. The summed E-state index contributed by atoms with van der Waals surface area (Å²) in [6, 6.07) is 11.0. The van der Waals surface area contributed by atoms with E-state index in [0.717, 1.165) is 22.2 Å². The number of fused-ring (bicyclic) bond motifs is 1. The van der Waals surface area contributed by atoms with Gasteiger partial charge in [0.15, 0.2) is 0 Å². The second kappa shape index (κ2) is 5.77. The second-order valence-electron chi connectivity index (χ2n) is 4.96. The molecule has 0 saturated heterocycles. The molecule has 0 bridgehead atoms. The van der Waals surface area contributed by atoms with E-state index in [1.807, 2.05) is 6.07 Å². The highest BCUT2D eigenvalue weighted by molar-refractivity contribution is 9.10. The smallest absolute Gasteiger partial charge is 0.251 e. The number of nitrogens with two attached hydrogens (primary N) is 1. The number of ether oxygens (including phenoxy) is 1. The van der Waals surface area contributed by atoms with Gasteiger partial charge >= 0.3 is 0 Å². The molecule has 0 aromatic heterocycles. The third kappa shape index (κ3) is 3.03. The van der Waals surface area contributed by atoms with Gasteiger partial charge in [0.25, 0.3) is 5.91 Å². The molecule has 0 spiro atoms. The highest BCUT2D eigenvalue weighted by atomic mass is 79.9. The molecule has 0 atom stereocenters. The molecule has 21 heavy (non-hydrogen) atoms. The van der Waals surface area contributed by atoms with E-state index in [4.69, 9.17) is 10.5 Å². The molecule has 5 heteroatoms. The minimum atomic E-state index is -0.144. The number of halogens is 1. The van der Waals surface area contributed by atoms with Crippen molar-refractivity contribution < 1.29 is 9.53 Å². The lowest BCUT2D eigenvalue weighted by Gasteiger charge is -2.10. The lowest BCUT2D eigenvalue weighted by Crippen LogP contribution is -2.23. The van der Waals surface area contributed by atoms with Crippen LogP contribution in [0.15, 0.2) is 40.9 Å². The normalized spacial score (nSPS) is 12.6. The summed E-state index contributed by atoms with van der Waals surface area (Å²) >= 11 is 3.49. The number of nitrogen functional groups attached to an aromatic ring is 1. The number of nitrogens with one attached hydrogen (secondary N) is 1. The molecule has 3 N–H and O–H groups in total. The maximum absolute atomic E-state index is 12.1. The van der Waals surface area contributed by atoms with Crippen LogP contribution in [0.3, 0.4) is 0 Å². The van der Waals surface area contributed by atoms with Gasteiger partial charge in [-0.05, 0) is 35.9 Å². The van der Waals surface area contributed by atoms with Crippen molar-refractivity contribution in [3.8, 4) is 5.75 Å². The van der Waals surface area contributed by atoms with Crippen LogP contribution in [0.5, 0.6) is 5.75 Å². The molecule has 0 radical (unpaired) electrons. The fourth-order valence-corrected chi connectivity index (χ4v) is 2.99. The Morgan fingerprint density at radius 3 is 3.00 bits per heavy atom. The number of rotatable bonds is 3. The third-order valence-corrected chi connectivity index (χ3v) is 3.87. The van der Waals surface area contributed by atoms with Crippen molar-refractivity contribution in [3.63, 3.8) is 0 Å². The number of amides is 1. The number of hydrogen-bond acceptors (Lipinski definition) is 3. The Morgan fingerprint density at radius 1 is 1.33 bits per heavy atom. The van der Waals surface area contributed by atoms with Crippen molar-refractivity contribution in [1.82, 2.24) is 5.32 Å². The number of carbonyl (C=O) groups excluding carboxylic acids is 1. The van der Waals surface area contributed by atoms with E-state index in [1.165, 1.54) is 5.56 Å². The lowest BCUT2D eigenvalue weighted by atomic mass is 10.1. The van der Waals surface area contributed by atoms with Crippen molar-refractivity contribution in [3.05, 3.63) is 57.6 Å². The number of carbonyl (C=O) groups is 1. The molecule has 108 valence electrons. The summed E-state index contributed by atoms with van der Waals surface area (Å²) in [6.45, 7) is 1.12. The van der Waals surface area contributed by atoms with Crippen LogP contribution >= 0.6 is 15.9 Å². The molecule has 2 aromatic rings. The van der Waals surface area contributed by atoms with Gasteiger partial charge < -0.3 is 15.8 Å². The summed E-state index contributed by atoms with van der Waals surface area (Å²) in [4.78, 5) is 12.1. The number of benzene rings is 2. The van der Waals surface area contributed by atoms with E-state index in [2.05, 4.69) is 27.3 Å². The van der Waals surface area contributed by atoms with Gasteiger partial charge in [-0.2, -0.15) is 0 Å². The van der Waals surface area contributed by atoms with Crippen molar-refractivity contribution in [1.29, 1.82) is 0 Å². The molecular formula is C16H15BrN2O2. The summed E-state index contributed by atoms with van der Waals surface area (Å²) in [5.74, 6) is 0.750.